The Kier molecular flexibility index (Phi) is 5.66. The first-order valence-corrected chi connectivity index (χ1v) is 12.6. The van der Waals surface area contributed by atoms with Gasteiger partial charge in [0.25, 0.3) is 0 Å². The van der Waals surface area contributed by atoms with Gasteiger partial charge in [-0.2, -0.15) is 0 Å². The van der Waals surface area contributed by atoms with Crippen LogP contribution in [0.1, 0.15) is 47.8 Å². The molecule has 3 heterocycles. The Morgan fingerprint density at radius 2 is 1.56 bits per heavy atom. The van der Waals surface area contributed by atoms with Crippen LogP contribution in [-0.2, 0) is 4.74 Å². The van der Waals surface area contributed by atoms with Crippen molar-refractivity contribution in [1.82, 2.24) is 0 Å². The summed E-state index contributed by atoms with van der Waals surface area (Å²) in [5, 5.41) is 0. The smallest absolute Gasteiger partial charge is 0.123 e. The minimum Gasteiger partial charge on any atom is -0.493 e. The molecule has 0 saturated carbocycles. The van der Waals surface area contributed by atoms with E-state index in [1.165, 1.54) is 22.4 Å². The maximum atomic E-state index is 6.24. The quantitative estimate of drug-likeness (QED) is 0.420. The molecule has 3 unspecified atom stereocenters. The van der Waals surface area contributed by atoms with Crippen molar-refractivity contribution < 1.29 is 9.47 Å². The highest BCUT2D eigenvalue weighted by atomic mass is 16.5. The lowest BCUT2D eigenvalue weighted by molar-refractivity contribution is -0.0150. The maximum absolute atomic E-state index is 6.24. The molecule has 0 aliphatic carbocycles. The molecule has 3 heteroatoms. The lowest BCUT2D eigenvalue weighted by Crippen LogP contribution is -2.44. The molecule has 0 bridgehead atoms. The summed E-state index contributed by atoms with van der Waals surface area (Å²) < 4.78 is 12.4. The first-order chi connectivity index (χ1) is 16.7. The van der Waals surface area contributed by atoms with E-state index in [-0.39, 0.29) is 11.5 Å². The molecule has 3 atom stereocenters. The molecule has 0 radical (unpaired) electrons. The van der Waals surface area contributed by atoms with Gasteiger partial charge in [-0.1, -0.05) is 66.7 Å². The Bertz CT molecular complexity index is 1130. The van der Waals surface area contributed by atoms with Gasteiger partial charge >= 0.3 is 0 Å². The first-order valence-electron chi connectivity index (χ1n) is 12.6. The van der Waals surface area contributed by atoms with Crippen LogP contribution in [0.5, 0.6) is 5.75 Å². The number of para-hydroxylation sites is 1. The summed E-state index contributed by atoms with van der Waals surface area (Å²) in [6, 6.07) is 28.6. The van der Waals surface area contributed by atoms with Crippen molar-refractivity contribution in [2.24, 2.45) is 5.92 Å². The van der Waals surface area contributed by atoms with Gasteiger partial charge in [-0.05, 0) is 48.6 Å². The molecule has 174 valence electrons. The number of hydrogen-bond acceptors (Lipinski definition) is 3. The van der Waals surface area contributed by atoms with Gasteiger partial charge in [0, 0.05) is 42.1 Å². The average Bonchev–Trinajstić information content (AvgIpc) is 3.31. The molecule has 3 aliphatic rings. The number of fused-ring (bicyclic) bond motifs is 1. The van der Waals surface area contributed by atoms with Crippen LogP contribution in [0.4, 0.5) is 5.69 Å². The molecule has 2 saturated heterocycles. The van der Waals surface area contributed by atoms with Gasteiger partial charge in [0.15, 0.2) is 0 Å². The summed E-state index contributed by atoms with van der Waals surface area (Å²) >= 11 is 0. The minimum absolute atomic E-state index is 0.0734. The number of rotatable bonds is 4. The van der Waals surface area contributed by atoms with E-state index in [1.807, 2.05) is 0 Å². The fourth-order valence-electron chi connectivity index (χ4n) is 6.21. The van der Waals surface area contributed by atoms with E-state index in [9.17, 15) is 0 Å². The Morgan fingerprint density at radius 1 is 0.824 bits per heavy atom. The van der Waals surface area contributed by atoms with Crippen LogP contribution in [-0.4, -0.2) is 31.9 Å². The highest BCUT2D eigenvalue weighted by molar-refractivity contribution is 5.53. The molecule has 34 heavy (non-hydrogen) atoms. The number of piperidine rings is 1. The first kappa shape index (κ1) is 21.5. The fourth-order valence-corrected chi connectivity index (χ4v) is 6.21. The molecule has 6 rings (SSSR count). The highest BCUT2D eigenvalue weighted by Crippen LogP contribution is 2.46. The molecule has 0 N–H and O–H groups in total. The van der Waals surface area contributed by atoms with E-state index in [1.54, 1.807) is 0 Å². The molecule has 0 amide bonds. The van der Waals surface area contributed by atoms with Crippen LogP contribution in [0.3, 0.4) is 0 Å². The van der Waals surface area contributed by atoms with E-state index in [0.29, 0.717) is 18.4 Å². The lowest BCUT2D eigenvalue weighted by atomic mass is 9.76. The lowest BCUT2D eigenvalue weighted by Gasteiger charge is -2.40. The van der Waals surface area contributed by atoms with Gasteiger partial charge in [0.2, 0.25) is 0 Å². The maximum Gasteiger partial charge on any atom is 0.123 e. The topological polar surface area (TPSA) is 21.7 Å². The van der Waals surface area contributed by atoms with E-state index in [4.69, 9.17) is 9.47 Å². The molecule has 3 aromatic rings. The standard InChI is InChI=1S/C31H33NO2/c1-2-23-20-31(34-21-23)16-18-32(19-17-31)26-14-12-25(13-15-26)30-27-10-6-7-11-29(27)33-22-28(30)24-8-4-3-5-9-24/h2-15,23,28,30H,1,16-22H2. The van der Waals surface area contributed by atoms with Gasteiger partial charge in [0.1, 0.15) is 5.75 Å². The molecular weight excluding hydrogens is 418 g/mol. The van der Waals surface area contributed by atoms with Crippen LogP contribution in [0, 0.1) is 5.92 Å². The molecule has 3 nitrogen and oxygen atoms in total. The van der Waals surface area contributed by atoms with Crippen LogP contribution < -0.4 is 9.64 Å². The third-order valence-corrected chi connectivity index (χ3v) is 8.17. The largest absolute Gasteiger partial charge is 0.493 e. The van der Waals surface area contributed by atoms with E-state index < -0.39 is 0 Å². The van der Waals surface area contributed by atoms with Gasteiger partial charge in [-0.15, -0.1) is 6.58 Å². The summed E-state index contributed by atoms with van der Waals surface area (Å²) in [6.45, 7) is 7.62. The van der Waals surface area contributed by atoms with Gasteiger partial charge < -0.3 is 14.4 Å². The van der Waals surface area contributed by atoms with Crippen LogP contribution in [0.2, 0.25) is 0 Å². The van der Waals surface area contributed by atoms with Crippen molar-refractivity contribution in [2.75, 3.05) is 31.2 Å². The van der Waals surface area contributed by atoms with Crippen LogP contribution in [0.15, 0.2) is 91.5 Å². The second-order valence-electron chi connectivity index (χ2n) is 10.1. The Hall–Kier alpha value is -3.04. The predicted molar refractivity (Wildman–Crippen MR) is 138 cm³/mol. The van der Waals surface area contributed by atoms with Crippen LogP contribution in [0.25, 0.3) is 0 Å². The van der Waals surface area contributed by atoms with E-state index in [2.05, 4.69) is 96.4 Å². The number of hydrogen-bond donors (Lipinski definition) is 0. The molecule has 0 aromatic heterocycles. The van der Waals surface area contributed by atoms with Crippen molar-refractivity contribution >= 4 is 5.69 Å². The third kappa shape index (κ3) is 3.92. The summed E-state index contributed by atoms with van der Waals surface area (Å²) in [7, 11) is 0. The number of ether oxygens (including phenoxy) is 2. The zero-order valence-electron chi connectivity index (χ0n) is 19.7. The Morgan fingerprint density at radius 3 is 2.29 bits per heavy atom. The minimum atomic E-state index is 0.0734. The highest BCUT2D eigenvalue weighted by Gasteiger charge is 2.42. The second-order valence-corrected chi connectivity index (χ2v) is 10.1. The zero-order chi connectivity index (χ0) is 23.0. The molecule has 3 aliphatic heterocycles. The molecular formula is C31H33NO2. The number of anilines is 1. The van der Waals surface area contributed by atoms with E-state index >= 15 is 0 Å². The zero-order valence-corrected chi connectivity index (χ0v) is 19.7. The SMILES string of the molecule is C=CC1COC2(CCN(c3ccc(C4c5ccccc5OCC4c4ccccc4)cc3)CC2)C1. The second kappa shape index (κ2) is 8.96. The number of benzene rings is 3. The van der Waals surface area contributed by atoms with Crippen molar-refractivity contribution in [2.45, 2.75) is 36.7 Å². The van der Waals surface area contributed by atoms with Gasteiger partial charge in [0.05, 0.1) is 18.8 Å². The fraction of sp³-hybridized carbons (Fsp3) is 0.355. The Labute approximate surface area is 203 Å². The van der Waals surface area contributed by atoms with Crippen molar-refractivity contribution in [3.8, 4) is 5.75 Å². The molecule has 1 spiro atoms. The molecule has 2 fully saturated rings. The van der Waals surface area contributed by atoms with Crippen molar-refractivity contribution in [1.29, 1.82) is 0 Å². The van der Waals surface area contributed by atoms with Gasteiger partial charge in [-0.25, -0.2) is 0 Å². The monoisotopic (exact) mass is 451 g/mol. The average molecular weight is 452 g/mol. The summed E-state index contributed by atoms with van der Waals surface area (Å²) in [4.78, 5) is 2.52. The van der Waals surface area contributed by atoms with Crippen molar-refractivity contribution in [3.63, 3.8) is 0 Å². The van der Waals surface area contributed by atoms with Gasteiger partial charge in [-0.3, -0.25) is 0 Å². The summed E-state index contributed by atoms with van der Waals surface area (Å²) in [6.07, 6.45) is 5.40. The predicted octanol–water partition coefficient (Wildman–Crippen LogP) is 6.56. The normalized spacial score (nSPS) is 25.5. The Balaban J connectivity index is 1.24. The molecule has 3 aromatic carbocycles. The van der Waals surface area contributed by atoms with E-state index in [0.717, 1.165) is 44.7 Å². The third-order valence-electron chi connectivity index (χ3n) is 8.17. The number of nitrogens with zero attached hydrogens (tertiary/aromatic N) is 1. The summed E-state index contributed by atoms with van der Waals surface area (Å²) in [5.74, 6) is 2.12. The summed E-state index contributed by atoms with van der Waals surface area (Å²) in [5.41, 5.74) is 5.36. The van der Waals surface area contributed by atoms with Crippen LogP contribution >= 0.6 is 0 Å². The van der Waals surface area contributed by atoms with Crippen molar-refractivity contribution in [3.05, 3.63) is 108 Å².